The predicted octanol–water partition coefficient (Wildman–Crippen LogP) is -3.54. The highest BCUT2D eigenvalue weighted by molar-refractivity contribution is 5.53. The summed E-state index contributed by atoms with van der Waals surface area (Å²) in [7, 11) is 0. The van der Waals surface area contributed by atoms with Crippen LogP contribution in [0.25, 0.3) is 0 Å². The summed E-state index contributed by atoms with van der Waals surface area (Å²) in [6.07, 6.45) is -4.96. The third-order valence-corrected chi connectivity index (χ3v) is 2.56. The molecule has 0 aliphatic rings. The lowest BCUT2D eigenvalue weighted by Crippen LogP contribution is -2.43. The van der Waals surface area contributed by atoms with Crippen LogP contribution in [0, 0.1) is 10.1 Å². The molecule has 12 nitrogen and oxygen atoms in total. The number of aromatic nitrogens is 2. The highest BCUT2D eigenvalue weighted by atomic mass is 16.6. The topological polar surface area (TPSA) is 202 Å². The van der Waals surface area contributed by atoms with Crippen LogP contribution >= 0.6 is 0 Å². The number of nitro groups is 1. The number of aliphatic hydroxyl groups is 4. The monoisotopic (exact) mass is 306 g/mol. The molecule has 0 amide bonds. The van der Waals surface area contributed by atoms with Gasteiger partial charge in [-0.15, -0.1) is 0 Å². The number of rotatable bonds is 7. The lowest BCUT2D eigenvalue weighted by atomic mass is 10.1. The number of aromatic amines is 2. The van der Waals surface area contributed by atoms with Crippen LogP contribution in [0.4, 0.5) is 11.5 Å². The molecule has 118 valence electrons. The van der Waals surface area contributed by atoms with Crippen molar-refractivity contribution in [1.82, 2.24) is 9.97 Å². The maximum absolute atomic E-state index is 11.3. The Balaban J connectivity index is 2.92. The van der Waals surface area contributed by atoms with E-state index in [-0.39, 0.29) is 0 Å². The Morgan fingerprint density at radius 3 is 2.33 bits per heavy atom. The molecule has 0 unspecified atom stereocenters. The second kappa shape index (κ2) is 6.94. The van der Waals surface area contributed by atoms with E-state index in [1.807, 2.05) is 4.98 Å². The number of nitrogens with one attached hydrogen (secondary N) is 3. The molecule has 21 heavy (non-hydrogen) atoms. The van der Waals surface area contributed by atoms with E-state index in [4.69, 9.17) is 10.2 Å². The molecule has 1 aromatic rings. The molecule has 12 heteroatoms. The van der Waals surface area contributed by atoms with Crippen molar-refractivity contribution in [2.24, 2.45) is 0 Å². The highest BCUT2D eigenvalue weighted by Crippen LogP contribution is 2.14. The van der Waals surface area contributed by atoms with Gasteiger partial charge in [0.2, 0.25) is 0 Å². The van der Waals surface area contributed by atoms with E-state index in [1.165, 1.54) is 0 Å². The molecule has 0 saturated carbocycles. The zero-order valence-corrected chi connectivity index (χ0v) is 10.5. The van der Waals surface area contributed by atoms with Crippen LogP contribution in [0.1, 0.15) is 0 Å². The van der Waals surface area contributed by atoms with Gasteiger partial charge in [-0.2, -0.15) is 0 Å². The Bertz CT molecular complexity index is 611. The lowest BCUT2D eigenvalue weighted by Gasteiger charge is -2.21. The molecule has 1 aromatic heterocycles. The van der Waals surface area contributed by atoms with E-state index >= 15 is 0 Å². The molecule has 3 atom stereocenters. The summed E-state index contributed by atoms with van der Waals surface area (Å²) in [6, 6.07) is 0. The van der Waals surface area contributed by atoms with Gasteiger partial charge >= 0.3 is 16.9 Å². The highest BCUT2D eigenvalue weighted by Gasteiger charge is 2.26. The predicted molar refractivity (Wildman–Crippen MR) is 67.9 cm³/mol. The van der Waals surface area contributed by atoms with Crippen LogP contribution in [0.15, 0.2) is 9.59 Å². The van der Waals surface area contributed by atoms with Crippen LogP contribution in [-0.2, 0) is 0 Å². The molecule has 0 fully saturated rings. The first-order valence-electron chi connectivity index (χ1n) is 5.67. The van der Waals surface area contributed by atoms with Crippen LogP contribution in [0.3, 0.4) is 0 Å². The largest absolute Gasteiger partial charge is 0.394 e. The zero-order chi connectivity index (χ0) is 16.2. The Morgan fingerprint density at radius 1 is 1.19 bits per heavy atom. The van der Waals surface area contributed by atoms with Gasteiger partial charge in [-0.25, -0.2) is 4.79 Å². The van der Waals surface area contributed by atoms with Gasteiger partial charge in [0.05, 0.1) is 17.6 Å². The molecule has 0 aliphatic carbocycles. The number of hydrogen-bond acceptors (Lipinski definition) is 9. The third kappa shape index (κ3) is 4.09. The maximum atomic E-state index is 11.3. The number of hydrogen-bond donors (Lipinski definition) is 7. The molecule has 0 bridgehead atoms. The van der Waals surface area contributed by atoms with Gasteiger partial charge in [-0.3, -0.25) is 24.9 Å². The van der Waals surface area contributed by atoms with Gasteiger partial charge in [0.25, 0.3) is 0 Å². The van der Waals surface area contributed by atoms with Crippen LogP contribution in [0.5, 0.6) is 0 Å². The van der Waals surface area contributed by atoms with E-state index in [1.54, 1.807) is 4.98 Å². The summed E-state index contributed by atoms with van der Waals surface area (Å²) < 4.78 is 0. The SMILES string of the molecule is O=c1[nH]c(NC[C@H](O)[C@@H](O)[C@@H](O)CO)c([N+](=O)[O-])c(=O)[nH]1. The van der Waals surface area contributed by atoms with Crippen molar-refractivity contribution in [3.63, 3.8) is 0 Å². The minimum Gasteiger partial charge on any atom is -0.394 e. The van der Waals surface area contributed by atoms with Gasteiger partial charge < -0.3 is 25.7 Å². The Labute approximate surface area is 115 Å². The summed E-state index contributed by atoms with van der Waals surface area (Å²) in [4.78, 5) is 35.7. The minimum atomic E-state index is -1.73. The van der Waals surface area contributed by atoms with Crippen molar-refractivity contribution < 1.29 is 25.3 Å². The number of anilines is 1. The van der Waals surface area contributed by atoms with Crippen molar-refractivity contribution >= 4 is 11.5 Å². The van der Waals surface area contributed by atoms with Crippen LogP contribution in [0.2, 0.25) is 0 Å². The molecular weight excluding hydrogens is 292 g/mol. The fraction of sp³-hybridized carbons (Fsp3) is 0.556. The average Bonchev–Trinajstić information content (AvgIpc) is 2.41. The fourth-order valence-corrected chi connectivity index (χ4v) is 1.47. The van der Waals surface area contributed by atoms with E-state index < -0.39 is 59.1 Å². The Kier molecular flexibility index (Phi) is 5.54. The Morgan fingerprint density at radius 2 is 1.81 bits per heavy atom. The van der Waals surface area contributed by atoms with Crippen molar-refractivity contribution in [2.45, 2.75) is 18.3 Å². The third-order valence-electron chi connectivity index (χ3n) is 2.56. The van der Waals surface area contributed by atoms with Crippen molar-refractivity contribution in [2.75, 3.05) is 18.5 Å². The van der Waals surface area contributed by atoms with Gasteiger partial charge in [-0.1, -0.05) is 0 Å². The summed E-state index contributed by atoms with van der Waals surface area (Å²) in [5.41, 5.74) is -3.21. The fourth-order valence-electron chi connectivity index (χ4n) is 1.47. The van der Waals surface area contributed by atoms with E-state index in [9.17, 15) is 29.9 Å². The summed E-state index contributed by atoms with van der Waals surface area (Å²) in [6.45, 7) is -1.33. The second-order valence-corrected chi connectivity index (χ2v) is 4.08. The molecule has 0 spiro atoms. The van der Waals surface area contributed by atoms with Crippen LogP contribution < -0.4 is 16.6 Å². The summed E-state index contributed by atoms with van der Waals surface area (Å²) >= 11 is 0. The molecule has 0 aromatic carbocycles. The number of H-pyrrole nitrogens is 2. The first kappa shape index (κ1) is 16.8. The number of nitrogens with zero attached hydrogens (tertiary/aromatic N) is 1. The molecule has 0 saturated heterocycles. The molecule has 7 N–H and O–H groups in total. The first-order valence-corrected chi connectivity index (χ1v) is 5.67. The molecule has 1 heterocycles. The molecule has 0 radical (unpaired) electrons. The summed E-state index contributed by atoms with van der Waals surface area (Å²) in [5.74, 6) is -0.557. The summed E-state index contributed by atoms with van der Waals surface area (Å²) in [5, 5.41) is 49.6. The quantitative estimate of drug-likeness (QED) is 0.196. The van der Waals surface area contributed by atoms with E-state index in [2.05, 4.69) is 5.32 Å². The van der Waals surface area contributed by atoms with Gasteiger partial charge in [0.15, 0.2) is 5.82 Å². The maximum Gasteiger partial charge on any atom is 0.373 e. The van der Waals surface area contributed by atoms with Crippen molar-refractivity contribution in [1.29, 1.82) is 0 Å². The number of aliphatic hydroxyl groups excluding tert-OH is 4. The van der Waals surface area contributed by atoms with Gasteiger partial charge in [0.1, 0.15) is 12.2 Å². The van der Waals surface area contributed by atoms with Crippen LogP contribution in [-0.4, -0.2) is 66.8 Å². The smallest absolute Gasteiger partial charge is 0.373 e. The average molecular weight is 306 g/mol. The molecular formula is C9H14N4O8. The van der Waals surface area contributed by atoms with E-state index in [0.717, 1.165) is 0 Å². The van der Waals surface area contributed by atoms with E-state index in [0.29, 0.717) is 0 Å². The van der Waals surface area contributed by atoms with Gasteiger partial charge in [-0.05, 0) is 0 Å². The molecule has 1 rings (SSSR count). The molecule has 0 aliphatic heterocycles. The minimum absolute atomic E-state index is 0.529. The van der Waals surface area contributed by atoms with Gasteiger partial charge in [0, 0.05) is 6.54 Å². The van der Waals surface area contributed by atoms with Crippen molar-refractivity contribution in [3.8, 4) is 0 Å². The normalized spacial score (nSPS) is 15.2. The standard InChI is InChI=1S/C9H14N4O8/c14-2-4(16)6(17)3(15)1-10-7-5(13(20)21)8(18)12-9(19)11-7/h3-4,6,14-17H,1-2H2,(H3,10,11,12,18,19)/t3-,4-,6+/m0/s1. The lowest BCUT2D eigenvalue weighted by molar-refractivity contribution is -0.385. The first-order chi connectivity index (χ1) is 9.77. The van der Waals surface area contributed by atoms with Crippen molar-refractivity contribution in [3.05, 3.63) is 31.0 Å². The zero-order valence-electron chi connectivity index (χ0n) is 10.5. The second-order valence-electron chi connectivity index (χ2n) is 4.08. The Hall–Kier alpha value is -2.28.